The van der Waals surface area contributed by atoms with E-state index in [1.165, 1.54) is 31.6 Å². The normalized spacial score (nSPS) is 14.9. The maximum atomic E-state index is 13.4. The molecular formula is C25H37N7O7. The van der Waals surface area contributed by atoms with Crippen molar-refractivity contribution in [2.24, 2.45) is 11.5 Å². The van der Waals surface area contributed by atoms with Crippen molar-refractivity contribution in [1.82, 2.24) is 25.9 Å². The molecule has 0 saturated heterocycles. The van der Waals surface area contributed by atoms with Crippen molar-refractivity contribution < 1.29 is 34.5 Å². The van der Waals surface area contributed by atoms with Crippen molar-refractivity contribution in [2.45, 2.75) is 69.3 Å². The number of aromatic hydroxyl groups is 1. The SMILES string of the molecule is CC(O)C(NC(=O)C(CCCCN)NC(=O)C(Cc1ccc(O)cc1)NC(=O)C(N)Cc1cnc[nH]1)C(=O)O. The number of rotatable bonds is 16. The predicted octanol–water partition coefficient (Wildman–Crippen LogP) is -1.72. The number of aromatic amines is 1. The Kier molecular flexibility index (Phi) is 12.3. The number of carboxylic acids is 1. The number of amides is 3. The lowest BCUT2D eigenvalue weighted by atomic mass is 10.0. The molecule has 5 atom stereocenters. The average molecular weight is 548 g/mol. The number of H-pyrrole nitrogens is 1. The standard InChI is InChI=1S/C25H37N7O7/c1-14(33)21(25(38)39)32-23(36)19(4-2-3-9-26)30-24(37)20(10-15-5-7-17(34)8-6-15)31-22(35)18(27)11-16-12-28-13-29-16/h5-8,12-14,18-21,33-34H,2-4,9-11,26-27H2,1H3,(H,28,29)(H,30,37)(H,31,35)(H,32,36)(H,38,39). The van der Waals surface area contributed by atoms with Crippen molar-refractivity contribution in [3.05, 3.63) is 48.0 Å². The van der Waals surface area contributed by atoms with Crippen LogP contribution in [-0.2, 0) is 32.0 Å². The zero-order valence-electron chi connectivity index (χ0n) is 21.7. The summed E-state index contributed by atoms with van der Waals surface area (Å²) in [4.78, 5) is 57.4. The van der Waals surface area contributed by atoms with E-state index in [1.807, 2.05) is 0 Å². The zero-order chi connectivity index (χ0) is 28.9. The van der Waals surface area contributed by atoms with Crippen LogP contribution in [0.5, 0.6) is 5.75 Å². The first-order valence-corrected chi connectivity index (χ1v) is 12.5. The van der Waals surface area contributed by atoms with Crippen molar-refractivity contribution in [1.29, 1.82) is 0 Å². The minimum absolute atomic E-state index is 0.0111. The second-order valence-corrected chi connectivity index (χ2v) is 9.23. The van der Waals surface area contributed by atoms with Crippen LogP contribution in [0.1, 0.15) is 37.4 Å². The fourth-order valence-corrected chi connectivity index (χ4v) is 3.76. The highest BCUT2D eigenvalue weighted by molar-refractivity contribution is 5.94. The molecule has 14 heteroatoms. The van der Waals surface area contributed by atoms with E-state index in [4.69, 9.17) is 11.5 Å². The molecule has 11 N–H and O–H groups in total. The molecule has 0 saturated carbocycles. The lowest BCUT2D eigenvalue weighted by Crippen LogP contribution is -2.58. The number of phenolic OH excluding ortho intramolecular Hbond substituents is 1. The first kappa shape index (κ1) is 31.2. The van der Waals surface area contributed by atoms with Crippen LogP contribution in [0.2, 0.25) is 0 Å². The molecule has 1 aromatic carbocycles. The molecule has 0 spiro atoms. The second kappa shape index (κ2) is 15.4. The van der Waals surface area contributed by atoms with Gasteiger partial charge in [-0.15, -0.1) is 0 Å². The molecule has 1 aromatic heterocycles. The van der Waals surface area contributed by atoms with Crippen molar-refractivity contribution in [2.75, 3.05) is 6.54 Å². The molecule has 214 valence electrons. The number of carbonyl (C=O) groups is 4. The number of aromatic nitrogens is 2. The van der Waals surface area contributed by atoms with E-state index in [1.54, 1.807) is 12.1 Å². The van der Waals surface area contributed by atoms with Crippen LogP contribution in [0.25, 0.3) is 0 Å². The van der Waals surface area contributed by atoms with Gasteiger partial charge in [-0.2, -0.15) is 0 Å². The summed E-state index contributed by atoms with van der Waals surface area (Å²) in [7, 11) is 0. The molecule has 2 rings (SSSR count). The number of hydrogen-bond donors (Lipinski definition) is 9. The van der Waals surface area contributed by atoms with E-state index < -0.39 is 54.0 Å². The molecule has 39 heavy (non-hydrogen) atoms. The largest absolute Gasteiger partial charge is 0.508 e. The molecule has 0 fully saturated rings. The minimum atomic E-state index is -1.58. The molecule has 0 aliphatic heterocycles. The number of nitrogens with two attached hydrogens (primary N) is 2. The number of carbonyl (C=O) groups excluding carboxylic acids is 3. The number of imidazole rings is 1. The van der Waals surface area contributed by atoms with Gasteiger partial charge in [0.2, 0.25) is 17.7 Å². The molecule has 5 unspecified atom stereocenters. The molecule has 0 radical (unpaired) electrons. The number of benzene rings is 1. The Balaban J connectivity index is 2.22. The van der Waals surface area contributed by atoms with Crippen LogP contribution in [0.15, 0.2) is 36.8 Å². The fraction of sp³-hybridized carbons (Fsp3) is 0.480. The summed E-state index contributed by atoms with van der Waals surface area (Å²) in [5.41, 5.74) is 12.8. The number of aliphatic hydroxyl groups excluding tert-OH is 1. The molecule has 3 amide bonds. The Bertz CT molecular complexity index is 1080. The quantitative estimate of drug-likeness (QED) is 0.108. The van der Waals surface area contributed by atoms with Gasteiger partial charge in [0.25, 0.3) is 0 Å². The second-order valence-electron chi connectivity index (χ2n) is 9.23. The van der Waals surface area contributed by atoms with Gasteiger partial charge in [-0.1, -0.05) is 12.1 Å². The summed E-state index contributed by atoms with van der Waals surface area (Å²) in [6.07, 6.45) is 2.88. The summed E-state index contributed by atoms with van der Waals surface area (Å²) in [5, 5.41) is 36.1. The summed E-state index contributed by atoms with van der Waals surface area (Å²) in [5.74, 6) is -3.55. The lowest BCUT2D eigenvalue weighted by Gasteiger charge is -2.26. The van der Waals surface area contributed by atoms with Gasteiger partial charge in [0.1, 0.15) is 17.8 Å². The van der Waals surface area contributed by atoms with E-state index in [0.29, 0.717) is 30.6 Å². The minimum Gasteiger partial charge on any atom is -0.508 e. The van der Waals surface area contributed by atoms with Crippen LogP contribution in [-0.4, -0.2) is 85.8 Å². The topological polar surface area (TPSA) is 246 Å². The summed E-state index contributed by atoms with van der Waals surface area (Å²) in [6, 6.07) is 1.11. The molecule has 14 nitrogen and oxygen atoms in total. The van der Waals surface area contributed by atoms with Crippen LogP contribution < -0.4 is 27.4 Å². The highest BCUT2D eigenvalue weighted by atomic mass is 16.4. The van der Waals surface area contributed by atoms with Gasteiger partial charge < -0.3 is 47.7 Å². The molecule has 2 aromatic rings. The summed E-state index contributed by atoms with van der Waals surface area (Å²) >= 11 is 0. The number of aliphatic carboxylic acids is 1. The van der Waals surface area contributed by atoms with Crippen molar-refractivity contribution in [3.63, 3.8) is 0 Å². The number of unbranched alkanes of at least 4 members (excludes halogenated alkanes) is 1. The van der Waals surface area contributed by atoms with E-state index in [0.717, 1.165) is 0 Å². The van der Waals surface area contributed by atoms with Crippen LogP contribution in [0, 0.1) is 0 Å². The first-order valence-electron chi connectivity index (χ1n) is 12.5. The van der Waals surface area contributed by atoms with Gasteiger partial charge in [0, 0.05) is 24.7 Å². The zero-order valence-corrected chi connectivity index (χ0v) is 21.7. The summed E-state index contributed by atoms with van der Waals surface area (Å²) in [6.45, 7) is 1.57. The van der Waals surface area contributed by atoms with Crippen LogP contribution in [0.4, 0.5) is 0 Å². The summed E-state index contributed by atoms with van der Waals surface area (Å²) < 4.78 is 0. The first-order chi connectivity index (χ1) is 18.5. The van der Waals surface area contributed by atoms with Gasteiger partial charge >= 0.3 is 5.97 Å². The maximum absolute atomic E-state index is 13.4. The Morgan fingerprint density at radius 2 is 1.62 bits per heavy atom. The third kappa shape index (κ3) is 10.3. The number of hydrogen-bond acceptors (Lipinski definition) is 9. The highest BCUT2D eigenvalue weighted by Crippen LogP contribution is 2.12. The van der Waals surface area contributed by atoms with Crippen molar-refractivity contribution in [3.8, 4) is 5.75 Å². The van der Waals surface area contributed by atoms with E-state index >= 15 is 0 Å². The van der Waals surface area contributed by atoms with Crippen LogP contribution in [0.3, 0.4) is 0 Å². The smallest absolute Gasteiger partial charge is 0.328 e. The van der Waals surface area contributed by atoms with Crippen molar-refractivity contribution >= 4 is 23.7 Å². The molecule has 0 bridgehead atoms. The van der Waals surface area contributed by atoms with Crippen LogP contribution >= 0.6 is 0 Å². The lowest BCUT2D eigenvalue weighted by molar-refractivity contribution is -0.145. The number of nitrogens with one attached hydrogen (secondary N) is 4. The fourth-order valence-electron chi connectivity index (χ4n) is 3.76. The number of phenols is 1. The third-order valence-electron chi connectivity index (χ3n) is 5.97. The Hall–Kier alpha value is -4.01. The molecular weight excluding hydrogens is 510 g/mol. The monoisotopic (exact) mass is 547 g/mol. The van der Waals surface area contributed by atoms with Gasteiger partial charge in [-0.25, -0.2) is 9.78 Å². The third-order valence-corrected chi connectivity index (χ3v) is 5.97. The Morgan fingerprint density at radius 1 is 0.974 bits per heavy atom. The predicted molar refractivity (Wildman–Crippen MR) is 140 cm³/mol. The maximum Gasteiger partial charge on any atom is 0.328 e. The van der Waals surface area contributed by atoms with E-state index in [9.17, 15) is 34.5 Å². The average Bonchev–Trinajstić information content (AvgIpc) is 3.39. The Labute approximate surface area is 225 Å². The molecule has 1 heterocycles. The van der Waals surface area contributed by atoms with Gasteiger partial charge in [0.15, 0.2) is 6.04 Å². The van der Waals surface area contributed by atoms with Gasteiger partial charge in [-0.3, -0.25) is 14.4 Å². The molecule has 0 aliphatic carbocycles. The Morgan fingerprint density at radius 3 is 2.18 bits per heavy atom. The van der Waals surface area contributed by atoms with E-state index in [2.05, 4.69) is 25.9 Å². The molecule has 0 aliphatic rings. The number of carboxylic acid groups (broad SMARTS) is 1. The van der Waals surface area contributed by atoms with E-state index in [-0.39, 0.29) is 25.0 Å². The number of nitrogens with zero attached hydrogens (tertiary/aromatic N) is 1. The van der Waals surface area contributed by atoms with Gasteiger partial charge in [-0.05, 0) is 50.4 Å². The highest BCUT2D eigenvalue weighted by Gasteiger charge is 2.32. The van der Waals surface area contributed by atoms with Gasteiger partial charge in [0.05, 0.1) is 18.5 Å². The number of aliphatic hydroxyl groups is 1.